The summed E-state index contributed by atoms with van der Waals surface area (Å²) in [6.45, 7) is 6.50. The summed E-state index contributed by atoms with van der Waals surface area (Å²) in [7, 11) is -3.35. The molecule has 13 heteroatoms. The number of benzene rings is 2. The lowest BCUT2D eigenvalue weighted by Crippen LogP contribution is -2.57. The van der Waals surface area contributed by atoms with Crippen molar-refractivity contribution in [1.29, 1.82) is 0 Å². The van der Waals surface area contributed by atoms with Gasteiger partial charge in [-0.15, -0.1) is 0 Å². The van der Waals surface area contributed by atoms with Crippen molar-refractivity contribution in [2.75, 3.05) is 19.3 Å². The molecule has 0 fully saturated rings. The Bertz CT molecular complexity index is 1290. The molecule has 2 unspecified atom stereocenters. The van der Waals surface area contributed by atoms with Crippen LogP contribution in [0.3, 0.4) is 0 Å². The van der Waals surface area contributed by atoms with Gasteiger partial charge in [0.25, 0.3) is 5.91 Å². The molecule has 39 heavy (non-hydrogen) atoms. The van der Waals surface area contributed by atoms with Gasteiger partial charge in [-0.2, -0.15) is 13.2 Å². The Morgan fingerprint density at radius 3 is 2.13 bits per heavy atom. The summed E-state index contributed by atoms with van der Waals surface area (Å²) in [4.78, 5) is 37.9. The van der Waals surface area contributed by atoms with Crippen LogP contribution < -0.4 is 21.3 Å². The molecule has 2 rings (SSSR count). The van der Waals surface area contributed by atoms with Gasteiger partial charge >= 0.3 is 6.18 Å². The average molecular weight is 571 g/mol. The van der Waals surface area contributed by atoms with Gasteiger partial charge in [0.15, 0.2) is 9.84 Å². The monoisotopic (exact) mass is 570 g/mol. The van der Waals surface area contributed by atoms with Crippen molar-refractivity contribution in [3.05, 3.63) is 65.2 Å². The molecule has 0 spiro atoms. The lowest BCUT2D eigenvalue weighted by Gasteiger charge is -2.27. The van der Waals surface area contributed by atoms with Crippen LogP contribution in [0.2, 0.25) is 0 Å². The standard InChI is InChI=1S/C26H33F3N4O5S/c1-16(17-9-11-20(12-10-17)39(5,37)38)30-14-21(24(36)33-25(2,3)4)32-22(34)15-31-23(35)18-7-6-8-19(13-18)26(27,28)29/h6-13,16,21,30H,14-15H2,1-5H3,(H,31,35)(H,32,34)(H,33,36). The number of carbonyl (C=O) groups is 3. The number of hydrogen-bond acceptors (Lipinski definition) is 6. The number of sulfone groups is 1. The van der Waals surface area contributed by atoms with Crippen molar-refractivity contribution < 1.29 is 36.0 Å². The molecule has 0 aromatic heterocycles. The van der Waals surface area contributed by atoms with E-state index in [9.17, 15) is 36.0 Å². The third-order valence-electron chi connectivity index (χ3n) is 5.45. The van der Waals surface area contributed by atoms with Gasteiger partial charge in [-0.1, -0.05) is 18.2 Å². The van der Waals surface area contributed by atoms with Crippen LogP contribution in [-0.2, 0) is 25.6 Å². The maximum absolute atomic E-state index is 12.9. The van der Waals surface area contributed by atoms with E-state index in [1.165, 1.54) is 18.2 Å². The number of alkyl halides is 3. The van der Waals surface area contributed by atoms with Crippen LogP contribution in [0.25, 0.3) is 0 Å². The third-order valence-corrected chi connectivity index (χ3v) is 6.58. The second kappa shape index (κ2) is 12.6. The molecule has 9 nitrogen and oxygen atoms in total. The van der Waals surface area contributed by atoms with Crippen molar-refractivity contribution in [3.8, 4) is 0 Å². The van der Waals surface area contributed by atoms with E-state index in [-0.39, 0.29) is 23.0 Å². The molecule has 4 N–H and O–H groups in total. The average Bonchev–Trinajstić information content (AvgIpc) is 2.82. The summed E-state index contributed by atoms with van der Waals surface area (Å²) in [5, 5.41) is 10.7. The highest BCUT2D eigenvalue weighted by Gasteiger charge is 2.31. The minimum atomic E-state index is -4.62. The van der Waals surface area contributed by atoms with Gasteiger partial charge in [-0.25, -0.2) is 8.42 Å². The van der Waals surface area contributed by atoms with Crippen LogP contribution >= 0.6 is 0 Å². The highest BCUT2D eigenvalue weighted by atomic mass is 32.2. The van der Waals surface area contributed by atoms with Crippen molar-refractivity contribution in [2.24, 2.45) is 0 Å². The molecule has 2 aromatic rings. The van der Waals surface area contributed by atoms with Gasteiger partial charge in [0.05, 0.1) is 17.0 Å². The molecule has 0 saturated carbocycles. The molecular formula is C26H33F3N4O5S. The van der Waals surface area contributed by atoms with Gasteiger partial charge in [-0.05, 0) is 63.6 Å². The first-order valence-electron chi connectivity index (χ1n) is 12.0. The minimum Gasteiger partial charge on any atom is -0.350 e. The van der Waals surface area contributed by atoms with Crippen LogP contribution in [0.5, 0.6) is 0 Å². The summed E-state index contributed by atoms with van der Waals surface area (Å²) in [6, 6.07) is 8.64. The summed E-state index contributed by atoms with van der Waals surface area (Å²) in [5.41, 5.74) is -1.12. The fraction of sp³-hybridized carbons (Fsp3) is 0.423. The number of rotatable bonds is 10. The van der Waals surface area contributed by atoms with Crippen molar-refractivity contribution in [3.63, 3.8) is 0 Å². The molecule has 0 bridgehead atoms. The smallest absolute Gasteiger partial charge is 0.350 e. The topological polar surface area (TPSA) is 133 Å². The van der Waals surface area contributed by atoms with E-state index in [0.29, 0.717) is 6.07 Å². The fourth-order valence-corrected chi connectivity index (χ4v) is 4.06. The van der Waals surface area contributed by atoms with E-state index in [2.05, 4.69) is 21.3 Å². The molecule has 0 aliphatic carbocycles. The van der Waals surface area contributed by atoms with Crippen molar-refractivity contribution in [1.82, 2.24) is 21.3 Å². The van der Waals surface area contributed by atoms with Crippen LogP contribution in [0.4, 0.5) is 13.2 Å². The first-order chi connectivity index (χ1) is 17.9. The second-order valence-electron chi connectivity index (χ2n) is 10.1. The Labute approximate surface area is 225 Å². The Balaban J connectivity index is 2.05. The lowest BCUT2D eigenvalue weighted by molar-refractivity contribution is -0.137. The number of amides is 3. The summed E-state index contributed by atoms with van der Waals surface area (Å²) >= 11 is 0. The van der Waals surface area contributed by atoms with E-state index in [4.69, 9.17) is 0 Å². The van der Waals surface area contributed by atoms with E-state index in [1.807, 2.05) is 0 Å². The van der Waals surface area contributed by atoms with Gasteiger partial charge in [0.1, 0.15) is 6.04 Å². The number of carbonyl (C=O) groups excluding carboxylic acids is 3. The summed E-state index contributed by atoms with van der Waals surface area (Å²) < 4.78 is 62.1. The predicted molar refractivity (Wildman–Crippen MR) is 140 cm³/mol. The molecule has 2 atom stereocenters. The first-order valence-corrected chi connectivity index (χ1v) is 13.9. The largest absolute Gasteiger partial charge is 0.416 e. The maximum atomic E-state index is 12.9. The molecular weight excluding hydrogens is 537 g/mol. The van der Waals surface area contributed by atoms with E-state index in [0.717, 1.165) is 24.0 Å². The maximum Gasteiger partial charge on any atom is 0.416 e. The normalized spacial score (nSPS) is 13.7. The molecule has 214 valence electrons. The van der Waals surface area contributed by atoms with E-state index < -0.39 is 57.4 Å². The molecule has 0 radical (unpaired) electrons. The Kier molecular flexibility index (Phi) is 10.3. The second-order valence-corrected chi connectivity index (χ2v) is 12.1. The molecule has 0 saturated heterocycles. The van der Waals surface area contributed by atoms with Gasteiger partial charge < -0.3 is 21.3 Å². The Hall–Kier alpha value is -3.45. The van der Waals surface area contributed by atoms with Crippen LogP contribution in [0.1, 0.15) is 55.2 Å². The summed E-state index contributed by atoms with van der Waals surface area (Å²) in [5.74, 6) is -2.10. The van der Waals surface area contributed by atoms with Gasteiger partial charge in [0.2, 0.25) is 11.8 Å². The quantitative estimate of drug-likeness (QED) is 0.347. The van der Waals surface area contributed by atoms with Crippen LogP contribution in [-0.4, -0.2) is 57.1 Å². The zero-order chi connectivity index (χ0) is 29.6. The van der Waals surface area contributed by atoms with Crippen LogP contribution in [0, 0.1) is 0 Å². The fourth-order valence-electron chi connectivity index (χ4n) is 3.43. The SMILES string of the molecule is CC(NCC(NC(=O)CNC(=O)c1cccc(C(F)(F)F)c1)C(=O)NC(C)(C)C)c1ccc(S(C)(=O)=O)cc1. The first kappa shape index (κ1) is 31.8. The van der Waals surface area contributed by atoms with E-state index >= 15 is 0 Å². The molecule has 0 aliphatic heterocycles. The van der Waals surface area contributed by atoms with Crippen molar-refractivity contribution >= 4 is 27.6 Å². The minimum absolute atomic E-state index is 0.00970. The van der Waals surface area contributed by atoms with E-state index in [1.54, 1.807) is 39.8 Å². The number of nitrogens with one attached hydrogen (secondary N) is 4. The highest BCUT2D eigenvalue weighted by Crippen LogP contribution is 2.29. The zero-order valence-electron chi connectivity index (χ0n) is 22.3. The van der Waals surface area contributed by atoms with Gasteiger partial charge in [0, 0.05) is 29.9 Å². The third kappa shape index (κ3) is 10.3. The predicted octanol–water partition coefficient (Wildman–Crippen LogP) is 2.59. The van der Waals surface area contributed by atoms with Gasteiger partial charge in [-0.3, -0.25) is 14.4 Å². The zero-order valence-corrected chi connectivity index (χ0v) is 23.1. The molecule has 2 aromatic carbocycles. The van der Waals surface area contributed by atoms with Crippen LogP contribution in [0.15, 0.2) is 53.4 Å². The molecule has 3 amide bonds. The summed E-state index contributed by atoms with van der Waals surface area (Å²) in [6.07, 6.45) is -3.52. The Morgan fingerprint density at radius 1 is 0.974 bits per heavy atom. The van der Waals surface area contributed by atoms with Crippen molar-refractivity contribution in [2.45, 2.75) is 56.4 Å². The lowest BCUT2D eigenvalue weighted by atomic mass is 10.1. The molecule has 0 heterocycles. The number of hydrogen-bond donors (Lipinski definition) is 4. The number of halogens is 3. The molecule has 0 aliphatic rings. The highest BCUT2D eigenvalue weighted by molar-refractivity contribution is 7.90. The Morgan fingerprint density at radius 2 is 1.59 bits per heavy atom.